The molecule has 94 valence electrons. The molecule has 1 fully saturated rings. The molecule has 17 heavy (non-hydrogen) atoms. The predicted octanol–water partition coefficient (Wildman–Crippen LogP) is 2.83. The van der Waals surface area contributed by atoms with Gasteiger partial charge < -0.3 is 4.74 Å². The van der Waals surface area contributed by atoms with Gasteiger partial charge in [-0.3, -0.25) is 0 Å². The first-order chi connectivity index (χ1) is 8.20. The molecule has 1 aliphatic heterocycles. The lowest BCUT2D eigenvalue weighted by Crippen LogP contribution is -2.36. The van der Waals surface area contributed by atoms with E-state index in [1.807, 2.05) is 0 Å². The van der Waals surface area contributed by atoms with Crippen LogP contribution in [0.15, 0.2) is 30.3 Å². The van der Waals surface area contributed by atoms with Gasteiger partial charge in [0, 0.05) is 22.1 Å². The zero-order valence-corrected chi connectivity index (χ0v) is 13.1. The molecule has 0 aromatic heterocycles. The summed E-state index contributed by atoms with van der Waals surface area (Å²) in [6.45, 7) is 3.33. The molecule has 1 aromatic rings. The van der Waals surface area contributed by atoms with Gasteiger partial charge in [-0.25, -0.2) is 0 Å². The largest absolute Gasteiger partial charge is 0.380 e. The summed E-state index contributed by atoms with van der Waals surface area (Å²) in [5, 5.41) is 0.279. The third-order valence-electron chi connectivity index (χ3n) is 4.03. The maximum atomic E-state index is 6.01. The molecule has 0 spiro atoms. The molecule has 0 aliphatic carbocycles. The maximum absolute atomic E-state index is 6.01. The molecule has 1 saturated heterocycles. The van der Waals surface area contributed by atoms with E-state index in [1.54, 1.807) is 0 Å². The van der Waals surface area contributed by atoms with E-state index in [-0.39, 0.29) is 5.22 Å². The van der Waals surface area contributed by atoms with Gasteiger partial charge >= 0.3 is 0 Å². The quantitative estimate of drug-likeness (QED) is 0.745. The predicted molar refractivity (Wildman–Crippen MR) is 76.6 cm³/mol. The van der Waals surface area contributed by atoms with E-state index in [0.29, 0.717) is 5.92 Å². The average molecular weight is 248 g/mol. The first-order valence-electron chi connectivity index (χ1n) is 6.88. The summed E-state index contributed by atoms with van der Waals surface area (Å²) in [6, 6.07) is 10.9. The molecule has 1 aliphatic rings. The molecule has 1 nitrogen and oxygen atoms in total. The van der Waals surface area contributed by atoms with Crippen LogP contribution in [-0.2, 0) is 4.74 Å². The molecule has 0 saturated carbocycles. The van der Waals surface area contributed by atoms with Gasteiger partial charge in [0.05, 0.1) is 0 Å². The second kappa shape index (κ2) is 5.83. The Bertz CT molecular complexity index is 330. The van der Waals surface area contributed by atoms with Crippen LogP contribution in [0.25, 0.3) is 0 Å². The van der Waals surface area contributed by atoms with Crippen molar-refractivity contribution in [3.05, 3.63) is 35.9 Å². The first-order valence-corrected chi connectivity index (χ1v) is 7.88. The van der Waals surface area contributed by atoms with E-state index < -0.39 is 0 Å². The molecular formula is C15H24OSi. The minimum Gasteiger partial charge on any atom is -0.380 e. The number of hydrogen-bond donors (Lipinski definition) is 0. The Morgan fingerprint density at radius 3 is 2.71 bits per heavy atom. The Morgan fingerprint density at radius 2 is 2.06 bits per heavy atom. The Kier molecular flexibility index (Phi) is 4.40. The van der Waals surface area contributed by atoms with Crippen LogP contribution >= 0.6 is 0 Å². The number of rotatable bonds is 4. The first kappa shape index (κ1) is 12.8. The average Bonchev–Trinajstić information content (AvgIpc) is 2.38. The van der Waals surface area contributed by atoms with Crippen molar-refractivity contribution in [2.45, 2.75) is 50.2 Å². The van der Waals surface area contributed by atoms with Crippen LogP contribution in [0, 0.1) is 0 Å². The lowest BCUT2D eigenvalue weighted by atomic mass is 9.93. The Hall–Kier alpha value is -0.603. The van der Waals surface area contributed by atoms with E-state index in [9.17, 15) is 0 Å². The van der Waals surface area contributed by atoms with Crippen LogP contribution < -0.4 is 0 Å². The highest BCUT2D eigenvalue weighted by molar-refractivity contribution is 6.14. The van der Waals surface area contributed by atoms with Crippen molar-refractivity contribution in [2.75, 3.05) is 6.61 Å². The summed E-state index contributed by atoms with van der Waals surface area (Å²) in [5.41, 5.74) is 1.47. The minimum absolute atomic E-state index is 0.279. The van der Waals surface area contributed by atoms with Crippen molar-refractivity contribution in [1.82, 2.24) is 0 Å². The van der Waals surface area contributed by atoms with Gasteiger partial charge in [0.1, 0.15) is 0 Å². The molecule has 2 heteroatoms. The summed E-state index contributed by atoms with van der Waals surface area (Å²) >= 11 is 0. The molecule has 2 unspecified atom stereocenters. The Morgan fingerprint density at radius 1 is 1.29 bits per heavy atom. The summed E-state index contributed by atoms with van der Waals surface area (Å²) < 4.78 is 6.01. The third kappa shape index (κ3) is 3.68. The number of ether oxygens (including phenoxy) is 1. The molecule has 0 N–H and O–H groups in total. The van der Waals surface area contributed by atoms with Gasteiger partial charge in [-0.2, -0.15) is 0 Å². The van der Waals surface area contributed by atoms with Crippen molar-refractivity contribution in [3.63, 3.8) is 0 Å². The van der Waals surface area contributed by atoms with Gasteiger partial charge in [0.25, 0.3) is 0 Å². The lowest BCUT2D eigenvalue weighted by molar-refractivity contribution is -0.0244. The molecule has 1 aromatic carbocycles. The standard InChI is InChI=1S/C15H24OSi/c1-13(14-7-3-2-4-8-14)9-11-15(17)10-5-6-12-16-15/h2-4,7-8,13H,5-6,9-12H2,1,17H3. The fourth-order valence-electron chi connectivity index (χ4n) is 2.66. The van der Waals surface area contributed by atoms with Crippen LogP contribution in [0.3, 0.4) is 0 Å². The van der Waals surface area contributed by atoms with Crippen LogP contribution in [0.1, 0.15) is 50.5 Å². The van der Waals surface area contributed by atoms with Crippen LogP contribution in [-0.4, -0.2) is 22.1 Å². The smallest absolute Gasteiger partial charge is 0.0486 e. The minimum atomic E-state index is 0.279. The second-order valence-electron chi connectivity index (χ2n) is 5.61. The molecule has 2 atom stereocenters. The van der Waals surface area contributed by atoms with Gasteiger partial charge in [-0.1, -0.05) is 37.3 Å². The van der Waals surface area contributed by atoms with Crippen LogP contribution in [0.4, 0.5) is 0 Å². The van der Waals surface area contributed by atoms with Crippen molar-refractivity contribution >= 4 is 10.2 Å². The molecule has 0 amide bonds. The highest BCUT2D eigenvalue weighted by Gasteiger charge is 2.27. The molecule has 0 radical (unpaired) electrons. The fraction of sp³-hybridized carbons (Fsp3) is 0.600. The topological polar surface area (TPSA) is 9.23 Å². The SMILES string of the molecule is CC(CCC1([SiH3])CCCCO1)c1ccccc1. The van der Waals surface area contributed by atoms with E-state index in [2.05, 4.69) is 37.3 Å². The molecule has 2 rings (SSSR count). The second-order valence-corrected chi connectivity index (χ2v) is 7.43. The zero-order valence-electron chi connectivity index (χ0n) is 11.1. The van der Waals surface area contributed by atoms with Crippen molar-refractivity contribution in [2.24, 2.45) is 0 Å². The van der Waals surface area contributed by atoms with Crippen molar-refractivity contribution < 1.29 is 4.74 Å². The molecule has 0 bridgehead atoms. The third-order valence-corrected chi connectivity index (χ3v) is 5.31. The van der Waals surface area contributed by atoms with Gasteiger partial charge in [0.2, 0.25) is 0 Å². The van der Waals surface area contributed by atoms with E-state index in [4.69, 9.17) is 4.74 Å². The molecular weight excluding hydrogens is 224 g/mol. The highest BCUT2D eigenvalue weighted by Crippen LogP contribution is 2.30. The zero-order chi connectivity index (χ0) is 12.1. The number of hydrogen-bond acceptors (Lipinski definition) is 1. The van der Waals surface area contributed by atoms with Crippen molar-refractivity contribution in [1.29, 1.82) is 0 Å². The summed E-state index contributed by atoms with van der Waals surface area (Å²) in [5.74, 6) is 0.660. The number of benzene rings is 1. The van der Waals surface area contributed by atoms with E-state index >= 15 is 0 Å². The van der Waals surface area contributed by atoms with Crippen LogP contribution in [0.2, 0.25) is 0 Å². The highest BCUT2D eigenvalue weighted by atomic mass is 28.1. The summed E-state index contributed by atoms with van der Waals surface area (Å²) in [7, 11) is 1.18. The van der Waals surface area contributed by atoms with E-state index in [0.717, 1.165) is 6.61 Å². The maximum Gasteiger partial charge on any atom is 0.0486 e. The Balaban J connectivity index is 1.85. The van der Waals surface area contributed by atoms with Gasteiger partial charge in [0.15, 0.2) is 0 Å². The Labute approximate surface area is 108 Å². The van der Waals surface area contributed by atoms with Crippen molar-refractivity contribution in [3.8, 4) is 0 Å². The molecule has 1 heterocycles. The summed E-state index contributed by atoms with van der Waals surface area (Å²) in [6.07, 6.45) is 6.42. The van der Waals surface area contributed by atoms with Gasteiger partial charge in [-0.15, -0.1) is 0 Å². The van der Waals surface area contributed by atoms with Gasteiger partial charge in [-0.05, 0) is 43.6 Å². The van der Waals surface area contributed by atoms with E-state index in [1.165, 1.54) is 47.9 Å². The normalized spacial score (nSPS) is 26.9. The fourth-order valence-corrected chi connectivity index (χ4v) is 3.51. The summed E-state index contributed by atoms with van der Waals surface area (Å²) in [4.78, 5) is 0. The monoisotopic (exact) mass is 248 g/mol. The lowest BCUT2D eigenvalue weighted by Gasteiger charge is -2.35. The van der Waals surface area contributed by atoms with Crippen LogP contribution in [0.5, 0.6) is 0 Å².